The van der Waals surface area contributed by atoms with Crippen LogP contribution in [0.3, 0.4) is 0 Å². The molecule has 0 radical (unpaired) electrons. The first-order chi connectivity index (χ1) is 18.2. The number of thioether (sulfide) groups is 1. The molecule has 0 bridgehead atoms. The van der Waals surface area contributed by atoms with Gasteiger partial charge in [0.1, 0.15) is 6.04 Å². The summed E-state index contributed by atoms with van der Waals surface area (Å²) in [5, 5.41) is 10.2. The molecule has 5 rings (SSSR count). The van der Waals surface area contributed by atoms with Crippen molar-refractivity contribution >= 4 is 35.2 Å². The van der Waals surface area contributed by atoms with Gasteiger partial charge < -0.3 is 19.6 Å². The molecule has 6 atom stereocenters. The Morgan fingerprint density at radius 1 is 1.13 bits per heavy atom. The second-order valence-electron chi connectivity index (χ2n) is 11.4. The zero-order valence-corrected chi connectivity index (χ0v) is 23.4. The van der Waals surface area contributed by atoms with Crippen LogP contribution in [0.25, 0.3) is 0 Å². The number of likely N-dealkylation sites (tertiary alicyclic amines) is 1. The third-order valence-corrected chi connectivity index (χ3v) is 10.1. The summed E-state index contributed by atoms with van der Waals surface area (Å²) >= 11 is 1.54. The maximum Gasteiger partial charge on any atom is 0.311 e. The summed E-state index contributed by atoms with van der Waals surface area (Å²) < 4.78 is 4.72. The molecule has 1 N–H and O–H groups in total. The van der Waals surface area contributed by atoms with Crippen LogP contribution in [0.2, 0.25) is 0 Å². The zero-order valence-electron chi connectivity index (χ0n) is 22.6. The van der Waals surface area contributed by atoms with Crippen molar-refractivity contribution in [3.05, 3.63) is 53.6 Å². The van der Waals surface area contributed by atoms with Crippen molar-refractivity contribution in [1.29, 1.82) is 0 Å². The van der Waals surface area contributed by atoms with Crippen LogP contribution in [0.1, 0.15) is 44.2 Å². The van der Waals surface area contributed by atoms with E-state index in [-0.39, 0.29) is 35.6 Å². The lowest BCUT2D eigenvalue weighted by atomic mass is 9.78. The van der Waals surface area contributed by atoms with E-state index in [0.29, 0.717) is 19.6 Å². The standard InChI is InChI=1S/C30H38N2O5S/c1-18(2)16-21(17-33)32-26-28(35)31(25-19(3)10-8-11-20(25)4)14-9-13-30(26)24(27(32)34)23-22(38-30)12-6-5-7-15-37-29(23)36/h6,8-13,18,21-24,26,33H,5,7,14-17H2,1-4H3/b12-6-/t21-,22+,23-,24+,26?,30+/m1/s1. The van der Waals surface area contributed by atoms with Gasteiger partial charge in [0.2, 0.25) is 5.91 Å². The average Bonchev–Trinajstić information content (AvgIpc) is 3.28. The molecule has 4 aliphatic heterocycles. The van der Waals surface area contributed by atoms with Crippen LogP contribution in [0.5, 0.6) is 0 Å². The second-order valence-corrected chi connectivity index (χ2v) is 12.9. The Labute approximate surface area is 229 Å². The van der Waals surface area contributed by atoms with E-state index in [1.807, 2.05) is 64.1 Å². The van der Waals surface area contributed by atoms with Gasteiger partial charge in [-0.25, -0.2) is 0 Å². The Bertz CT molecular complexity index is 1160. The Morgan fingerprint density at radius 3 is 2.55 bits per heavy atom. The Kier molecular flexibility index (Phi) is 7.48. The molecule has 7 nitrogen and oxygen atoms in total. The van der Waals surface area contributed by atoms with Crippen LogP contribution >= 0.6 is 11.8 Å². The van der Waals surface area contributed by atoms with Gasteiger partial charge in [0.25, 0.3) is 5.91 Å². The zero-order chi connectivity index (χ0) is 27.2. The molecule has 1 unspecified atom stereocenters. The van der Waals surface area contributed by atoms with Crippen molar-refractivity contribution in [3.8, 4) is 0 Å². The van der Waals surface area contributed by atoms with Crippen molar-refractivity contribution in [2.24, 2.45) is 17.8 Å². The number of cyclic esters (lactones) is 1. The van der Waals surface area contributed by atoms with Gasteiger partial charge in [0.05, 0.1) is 35.8 Å². The number of aryl methyl sites for hydroxylation is 2. The van der Waals surface area contributed by atoms with Crippen molar-refractivity contribution in [3.63, 3.8) is 0 Å². The van der Waals surface area contributed by atoms with Gasteiger partial charge in [0, 0.05) is 17.5 Å². The minimum absolute atomic E-state index is 0.165. The van der Waals surface area contributed by atoms with E-state index in [9.17, 15) is 19.5 Å². The molecular formula is C30H38N2O5S. The number of amides is 2. The maximum atomic E-state index is 14.7. The molecule has 38 heavy (non-hydrogen) atoms. The Morgan fingerprint density at radius 2 is 1.87 bits per heavy atom. The number of fused-ring (bicyclic) bond motifs is 2. The number of carbonyl (C=O) groups excluding carboxylic acids is 3. The van der Waals surface area contributed by atoms with Gasteiger partial charge >= 0.3 is 5.97 Å². The number of esters is 1. The van der Waals surface area contributed by atoms with Crippen molar-refractivity contribution in [1.82, 2.24) is 4.90 Å². The molecule has 204 valence electrons. The average molecular weight is 539 g/mol. The summed E-state index contributed by atoms with van der Waals surface area (Å²) in [7, 11) is 0. The highest BCUT2D eigenvalue weighted by atomic mass is 32.2. The number of aliphatic hydroxyl groups excluding tert-OH is 1. The summed E-state index contributed by atoms with van der Waals surface area (Å²) in [6.45, 7) is 8.52. The maximum absolute atomic E-state index is 14.7. The highest BCUT2D eigenvalue weighted by Crippen LogP contribution is 2.61. The van der Waals surface area contributed by atoms with E-state index >= 15 is 0 Å². The fourth-order valence-corrected chi connectivity index (χ4v) is 8.83. The topological polar surface area (TPSA) is 87.2 Å². The third kappa shape index (κ3) is 4.30. The van der Waals surface area contributed by atoms with Crippen LogP contribution in [0, 0.1) is 31.6 Å². The molecule has 8 heteroatoms. The molecule has 0 aromatic heterocycles. The second kappa shape index (κ2) is 10.5. The number of ether oxygens (including phenoxy) is 1. The smallest absolute Gasteiger partial charge is 0.311 e. The summed E-state index contributed by atoms with van der Waals surface area (Å²) in [5.74, 6) is -1.98. The number of aliphatic hydroxyl groups is 1. The van der Waals surface area contributed by atoms with Crippen LogP contribution in [-0.2, 0) is 19.1 Å². The van der Waals surface area contributed by atoms with Crippen LogP contribution in [0.15, 0.2) is 42.5 Å². The van der Waals surface area contributed by atoms with E-state index in [4.69, 9.17) is 4.74 Å². The first-order valence-corrected chi connectivity index (χ1v) is 14.6. The van der Waals surface area contributed by atoms with E-state index in [0.717, 1.165) is 29.7 Å². The predicted octanol–water partition coefficient (Wildman–Crippen LogP) is 3.80. The van der Waals surface area contributed by atoms with Gasteiger partial charge in [-0.2, -0.15) is 0 Å². The lowest BCUT2D eigenvalue weighted by molar-refractivity contribution is -0.153. The molecule has 0 aliphatic carbocycles. The molecule has 4 heterocycles. The van der Waals surface area contributed by atoms with Crippen molar-refractivity contribution in [2.45, 2.75) is 69.0 Å². The number of allylic oxidation sites excluding steroid dienone is 1. The lowest BCUT2D eigenvalue weighted by Gasteiger charge is -2.39. The first-order valence-electron chi connectivity index (χ1n) is 13.7. The normalized spacial score (nSPS) is 32.6. The van der Waals surface area contributed by atoms with Crippen molar-refractivity contribution < 1.29 is 24.2 Å². The molecule has 4 aliphatic rings. The molecule has 1 aromatic rings. The highest BCUT2D eigenvalue weighted by molar-refractivity contribution is 8.02. The molecule has 2 fully saturated rings. The van der Waals surface area contributed by atoms with Crippen LogP contribution in [0.4, 0.5) is 5.69 Å². The number of hydrogen-bond donors (Lipinski definition) is 1. The van der Waals surface area contributed by atoms with E-state index in [1.54, 1.807) is 21.6 Å². The molecule has 2 amide bonds. The van der Waals surface area contributed by atoms with Gasteiger partial charge in [-0.15, -0.1) is 11.8 Å². The van der Waals surface area contributed by atoms with Gasteiger partial charge in [0.15, 0.2) is 0 Å². The Hall–Kier alpha value is -2.58. The Balaban J connectivity index is 1.67. The highest BCUT2D eigenvalue weighted by Gasteiger charge is 2.71. The van der Waals surface area contributed by atoms with Crippen LogP contribution < -0.4 is 4.90 Å². The summed E-state index contributed by atoms with van der Waals surface area (Å²) in [5.41, 5.74) is 2.82. The van der Waals surface area contributed by atoms with E-state index in [2.05, 4.69) is 6.08 Å². The number of nitrogens with zero attached hydrogens (tertiary/aromatic N) is 2. The number of anilines is 1. The first kappa shape index (κ1) is 27.0. The van der Waals surface area contributed by atoms with Crippen molar-refractivity contribution in [2.75, 3.05) is 24.7 Å². The molecule has 1 spiro atoms. The monoisotopic (exact) mass is 538 g/mol. The largest absolute Gasteiger partial charge is 0.465 e. The summed E-state index contributed by atoms with van der Waals surface area (Å²) in [6.07, 6.45) is 10.2. The number of carbonyl (C=O) groups is 3. The molecule has 1 aromatic carbocycles. The summed E-state index contributed by atoms with van der Waals surface area (Å²) in [6, 6.07) is 4.60. The molecular weight excluding hydrogens is 500 g/mol. The van der Waals surface area contributed by atoms with E-state index < -0.39 is 28.7 Å². The SMILES string of the molecule is Cc1cccc(C)c1N1CC=C[C@]23S[C@H]4/C=C\CCCOC(=O)[C@H]4[C@H]2C(=O)N([C@@H](CO)CC(C)C)C3C1=O. The summed E-state index contributed by atoms with van der Waals surface area (Å²) in [4.78, 5) is 45.9. The third-order valence-electron chi connectivity index (χ3n) is 8.35. The minimum atomic E-state index is -0.929. The van der Waals surface area contributed by atoms with Crippen LogP contribution in [-0.4, -0.2) is 69.6 Å². The minimum Gasteiger partial charge on any atom is -0.465 e. The van der Waals surface area contributed by atoms with Gasteiger partial charge in [-0.1, -0.05) is 56.4 Å². The van der Waals surface area contributed by atoms with Gasteiger partial charge in [-0.05, 0) is 50.2 Å². The number of para-hydroxylation sites is 1. The number of benzene rings is 1. The fraction of sp³-hybridized carbons (Fsp3) is 0.567. The predicted molar refractivity (Wildman–Crippen MR) is 149 cm³/mol. The number of rotatable bonds is 5. The van der Waals surface area contributed by atoms with E-state index in [1.165, 1.54) is 0 Å². The number of hydrogen-bond acceptors (Lipinski definition) is 6. The quantitative estimate of drug-likeness (QED) is 0.453. The lowest BCUT2D eigenvalue weighted by Crippen LogP contribution is -2.57. The van der Waals surface area contributed by atoms with Gasteiger partial charge in [-0.3, -0.25) is 14.4 Å². The molecule has 2 saturated heterocycles. The fourth-order valence-electron chi connectivity index (χ4n) is 6.84. The molecule has 0 saturated carbocycles.